The van der Waals surface area contributed by atoms with Gasteiger partial charge in [0.2, 0.25) is 11.8 Å². The largest absolute Gasteiger partial charge is 0.340 e. The number of carbonyl (C=O) groups excluding carboxylic acids is 2. The lowest BCUT2D eigenvalue weighted by Crippen LogP contribution is -2.47. The van der Waals surface area contributed by atoms with Crippen LogP contribution in [0.1, 0.15) is 26.3 Å². The molecule has 0 saturated carbocycles. The molecule has 1 heterocycles. The van der Waals surface area contributed by atoms with Crippen molar-refractivity contribution in [3.63, 3.8) is 0 Å². The van der Waals surface area contributed by atoms with Crippen molar-refractivity contribution >= 4 is 17.5 Å². The van der Waals surface area contributed by atoms with Crippen LogP contribution in [0, 0.1) is 5.41 Å². The fourth-order valence-corrected chi connectivity index (χ4v) is 2.71. The van der Waals surface area contributed by atoms with Gasteiger partial charge >= 0.3 is 0 Å². The van der Waals surface area contributed by atoms with Crippen LogP contribution in [0.25, 0.3) is 0 Å². The zero-order chi connectivity index (χ0) is 18.6. The molecule has 0 spiro atoms. The van der Waals surface area contributed by atoms with Crippen LogP contribution in [-0.2, 0) is 16.0 Å². The number of likely N-dealkylation sites (N-methyl/N-ethyl adjacent to an activating group) is 1. The van der Waals surface area contributed by atoms with E-state index in [1.54, 1.807) is 0 Å². The third-order valence-electron chi connectivity index (χ3n) is 4.62. The molecule has 6 heteroatoms. The predicted octanol–water partition coefficient (Wildman–Crippen LogP) is 1.31. The summed E-state index contributed by atoms with van der Waals surface area (Å²) in [6.07, 6.45) is 0.346. The molecule has 0 aliphatic carbocycles. The summed E-state index contributed by atoms with van der Waals surface area (Å²) in [4.78, 5) is 28.8. The summed E-state index contributed by atoms with van der Waals surface area (Å²) in [6.45, 7) is 9.16. The van der Waals surface area contributed by atoms with Crippen LogP contribution in [0.2, 0.25) is 0 Å². The smallest absolute Gasteiger partial charge is 0.241 e. The van der Waals surface area contributed by atoms with Crippen LogP contribution >= 0.6 is 0 Å². The lowest BCUT2D eigenvalue weighted by Gasteiger charge is -2.32. The number of rotatable bonds is 4. The highest BCUT2D eigenvalue weighted by Crippen LogP contribution is 2.19. The molecule has 0 bridgehead atoms. The van der Waals surface area contributed by atoms with Crippen LogP contribution in [0.4, 0.5) is 5.69 Å². The van der Waals surface area contributed by atoms with Crippen molar-refractivity contribution in [3.8, 4) is 0 Å². The molecule has 0 radical (unpaired) electrons. The molecular formula is C19H30N4O2. The molecule has 1 aliphatic heterocycles. The van der Waals surface area contributed by atoms with Gasteiger partial charge in [-0.05, 0) is 30.2 Å². The first-order valence-electron chi connectivity index (χ1n) is 8.78. The maximum Gasteiger partial charge on any atom is 0.241 e. The number of nitrogens with two attached hydrogens (primary N) is 1. The Balaban J connectivity index is 1.97. The molecule has 1 aliphatic rings. The third kappa shape index (κ3) is 5.54. The van der Waals surface area contributed by atoms with E-state index in [9.17, 15) is 9.59 Å². The van der Waals surface area contributed by atoms with E-state index in [4.69, 9.17) is 5.73 Å². The summed E-state index contributed by atoms with van der Waals surface area (Å²) in [5.74, 6) is -0.0852. The summed E-state index contributed by atoms with van der Waals surface area (Å²) in [5, 5.41) is 2.85. The molecule has 2 rings (SSSR count). The molecule has 1 saturated heterocycles. The van der Waals surface area contributed by atoms with E-state index in [1.165, 1.54) is 0 Å². The van der Waals surface area contributed by atoms with E-state index in [0.717, 1.165) is 31.7 Å². The highest BCUT2D eigenvalue weighted by molar-refractivity contribution is 5.95. The number of hydrogen-bond donors (Lipinski definition) is 2. The van der Waals surface area contributed by atoms with Crippen molar-refractivity contribution < 1.29 is 9.59 Å². The van der Waals surface area contributed by atoms with Crippen molar-refractivity contribution in [3.05, 3.63) is 29.8 Å². The monoisotopic (exact) mass is 346 g/mol. The highest BCUT2D eigenvalue weighted by Gasteiger charge is 2.27. The second-order valence-corrected chi connectivity index (χ2v) is 7.89. The molecule has 0 aromatic heterocycles. The van der Waals surface area contributed by atoms with Crippen molar-refractivity contribution in [1.82, 2.24) is 9.80 Å². The molecule has 3 N–H and O–H groups in total. The second kappa shape index (κ2) is 7.97. The Bertz CT molecular complexity index is 616. The topological polar surface area (TPSA) is 78.7 Å². The summed E-state index contributed by atoms with van der Waals surface area (Å²) in [6, 6.07) is 6.83. The van der Waals surface area contributed by atoms with E-state index in [0.29, 0.717) is 12.1 Å². The third-order valence-corrected chi connectivity index (χ3v) is 4.62. The normalized spacial score (nSPS) is 17.2. The van der Waals surface area contributed by atoms with E-state index in [2.05, 4.69) is 17.3 Å². The average molecular weight is 346 g/mol. The molecule has 6 nitrogen and oxygen atoms in total. The number of anilines is 1. The molecule has 2 amide bonds. The van der Waals surface area contributed by atoms with Crippen molar-refractivity contribution in [1.29, 1.82) is 0 Å². The average Bonchev–Trinajstić information content (AvgIpc) is 2.54. The van der Waals surface area contributed by atoms with Crippen molar-refractivity contribution in [2.75, 3.05) is 38.5 Å². The standard InChI is InChI=1S/C19H30N4O2/c1-19(2,3)17(20)18(25)21-15-7-5-6-14(12-15)13-16(24)23-10-8-22(4)9-11-23/h5-7,12,17H,8-11,13,20H2,1-4H3,(H,21,25)/t17-/m1/s1. The van der Waals surface area contributed by atoms with E-state index < -0.39 is 6.04 Å². The summed E-state index contributed by atoms with van der Waals surface area (Å²) in [7, 11) is 2.07. The van der Waals surface area contributed by atoms with E-state index >= 15 is 0 Å². The number of piperazine rings is 1. The number of carbonyl (C=O) groups is 2. The lowest BCUT2D eigenvalue weighted by molar-refractivity contribution is -0.132. The quantitative estimate of drug-likeness (QED) is 0.862. The number of benzene rings is 1. The molecule has 1 atom stereocenters. The first-order chi connectivity index (χ1) is 11.7. The Labute approximate surface area is 150 Å². The minimum Gasteiger partial charge on any atom is -0.340 e. The molecule has 1 aromatic rings. The molecule has 1 fully saturated rings. The van der Waals surface area contributed by atoms with Crippen LogP contribution in [0.3, 0.4) is 0 Å². The number of amides is 2. The minimum absolute atomic E-state index is 0.128. The summed E-state index contributed by atoms with van der Waals surface area (Å²) in [5.41, 5.74) is 7.26. The molecule has 0 unspecified atom stereocenters. The van der Waals surface area contributed by atoms with Crippen molar-refractivity contribution in [2.45, 2.75) is 33.2 Å². The zero-order valence-electron chi connectivity index (χ0n) is 15.7. The van der Waals surface area contributed by atoms with Crippen LogP contribution in [-0.4, -0.2) is 60.9 Å². The Morgan fingerprint density at radius 1 is 1.20 bits per heavy atom. The fourth-order valence-electron chi connectivity index (χ4n) is 2.71. The molecule has 25 heavy (non-hydrogen) atoms. The van der Waals surface area contributed by atoms with Crippen molar-refractivity contribution in [2.24, 2.45) is 11.1 Å². The van der Waals surface area contributed by atoms with Gasteiger partial charge in [-0.1, -0.05) is 32.9 Å². The highest BCUT2D eigenvalue weighted by atomic mass is 16.2. The van der Waals surface area contributed by atoms with Gasteiger partial charge in [0.15, 0.2) is 0 Å². The van der Waals surface area contributed by atoms with E-state index in [-0.39, 0.29) is 17.2 Å². The first-order valence-corrected chi connectivity index (χ1v) is 8.78. The molecule has 1 aromatic carbocycles. The number of hydrogen-bond acceptors (Lipinski definition) is 4. The summed E-state index contributed by atoms with van der Waals surface area (Å²) < 4.78 is 0. The Kier molecular flexibility index (Phi) is 6.19. The molecular weight excluding hydrogens is 316 g/mol. The van der Waals surface area contributed by atoms with Gasteiger partial charge in [-0.25, -0.2) is 0 Å². The fraction of sp³-hybridized carbons (Fsp3) is 0.579. The van der Waals surface area contributed by atoms with Gasteiger partial charge in [0.25, 0.3) is 0 Å². The zero-order valence-corrected chi connectivity index (χ0v) is 15.7. The van der Waals surface area contributed by atoms with Gasteiger partial charge in [0.1, 0.15) is 0 Å². The second-order valence-electron chi connectivity index (χ2n) is 7.89. The minimum atomic E-state index is -0.594. The van der Waals surface area contributed by atoms with Crippen LogP contribution in [0.15, 0.2) is 24.3 Å². The molecule has 138 valence electrons. The van der Waals surface area contributed by atoms with Gasteiger partial charge in [-0.2, -0.15) is 0 Å². The maximum absolute atomic E-state index is 12.4. The van der Waals surface area contributed by atoms with E-state index in [1.807, 2.05) is 49.9 Å². The Morgan fingerprint density at radius 3 is 2.44 bits per heavy atom. The van der Waals surface area contributed by atoms with Gasteiger partial charge in [-0.15, -0.1) is 0 Å². The van der Waals surface area contributed by atoms with Crippen LogP contribution in [0.5, 0.6) is 0 Å². The maximum atomic E-state index is 12.4. The number of nitrogens with zero attached hydrogens (tertiary/aromatic N) is 2. The predicted molar refractivity (Wildman–Crippen MR) is 100 cm³/mol. The lowest BCUT2D eigenvalue weighted by atomic mass is 9.87. The Morgan fingerprint density at radius 2 is 1.84 bits per heavy atom. The van der Waals surface area contributed by atoms with Crippen LogP contribution < -0.4 is 11.1 Å². The van der Waals surface area contributed by atoms with Gasteiger partial charge < -0.3 is 20.9 Å². The SMILES string of the molecule is CN1CCN(C(=O)Cc2cccc(NC(=O)[C@@H](N)C(C)(C)C)c2)CC1. The summed E-state index contributed by atoms with van der Waals surface area (Å²) >= 11 is 0. The van der Waals surface area contributed by atoms with Gasteiger partial charge in [-0.3, -0.25) is 9.59 Å². The Hall–Kier alpha value is -1.92. The first kappa shape index (κ1) is 19.4. The van der Waals surface area contributed by atoms with Gasteiger partial charge in [0, 0.05) is 31.9 Å². The number of nitrogens with one attached hydrogen (secondary N) is 1. The van der Waals surface area contributed by atoms with Gasteiger partial charge in [0.05, 0.1) is 12.5 Å².